The van der Waals surface area contributed by atoms with Crippen LogP contribution in [-0.2, 0) is 4.79 Å². The van der Waals surface area contributed by atoms with E-state index in [2.05, 4.69) is 19.2 Å². The van der Waals surface area contributed by atoms with Gasteiger partial charge in [-0.3, -0.25) is 4.79 Å². The first-order valence-corrected chi connectivity index (χ1v) is 6.15. The second-order valence-corrected chi connectivity index (χ2v) is 5.42. The molecule has 0 radical (unpaired) electrons. The Morgan fingerprint density at radius 1 is 1.54 bits per heavy atom. The summed E-state index contributed by atoms with van der Waals surface area (Å²) in [6.07, 6.45) is 3.34. The van der Waals surface area contributed by atoms with Crippen LogP contribution in [0.3, 0.4) is 0 Å². The maximum Gasteiger partial charge on any atom is 0.220 e. The summed E-state index contributed by atoms with van der Waals surface area (Å²) < 4.78 is 0.122. The highest BCUT2D eigenvalue weighted by molar-refractivity contribution is 7.99. The maximum atomic E-state index is 11.2. The Morgan fingerprint density at radius 2 is 2.15 bits per heavy atom. The summed E-state index contributed by atoms with van der Waals surface area (Å²) in [5.74, 6) is 0.655. The van der Waals surface area contributed by atoms with Gasteiger partial charge in [0.15, 0.2) is 0 Å². The van der Waals surface area contributed by atoms with Gasteiger partial charge < -0.3 is 5.32 Å². The number of amides is 1. The van der Waals surface area contributed by atoms with E-state index >= 15 is 0 Å². The molecular weight excluding hydrogens is 206 g/mol. The smallest absolute Gasteiger partial charge is 0.220 e. The summed E-state index contributed by atoms with van der Waals surface area (Å²) in [5, 5.41) is 2.89. The van der Waals surface area contributed by atoms with Crippen molar-refractivity contribution in [1.82, 2.24) is 5.32 Å². The van der Waals surface area contributed by atoms with Crippen LogP contribution < -0.4 is 5.32 Å². The van der Waals surface area contributed by atoms with E-state index in [0.29, 0.717) is 12.3 Å². The van der Waals surface area contributed by atoms with Gasteiger partial charge in [0.1, 0.15) is 0 Å². The molecule has 0 spiro atoms. The van der Waals surface area contributed by atoms with Crippen LogP contribution in [0.5, 0.6) is 0 Å². The van der Waals surface area contributed by atoms with Gasteiger partial charge in [-0.2, -0.15) is 11.8 Å². The molecule has 0 unspecified atom stereocenters. The molecule has 13 heavy (non-hydrogen) atoms. The van der Waals surface area contributed by atoms with Crippen molar-refractivity contribution in [2.24, 2.45) is 0 Å². The van der Waals surface area contributed by atoms with Crippen molar-refractivity contribution in [3.05, 3.63) is 0 Å². The van der Waals surface area contributed by atoms with Gasteiger partial charge in [0, 0.05) is 23.6 Å². The van der Waals surface area contributed by atoms with E-state index in [9.17, 15) is 4.79 Å². The first-order chi connectivity index (χ1) is 6.02. The first kappa shape index (κ1) is 13.1. The molecular formula is C9H18ClNOS. The average Bonchev–Trinajstić information content (AvgIpc) is 2.11. The van der Waals surface area contributed by atoms with E-state index in [-0.39, 0.29) is 10.7 Å². The molecule has 0 rings (SSSR count). The lowest BCUT2D eigenvalue weighted by Crippen LogP contribution is -2.35. The molecule has 0 bridgehead atoms. The van der Waals surface area contributed by atoms with Gasteiger partial charge in [0.2, 0.25) is 5.91 Å². The average molecular weight is 224 g/mol. The van der Waals surface area contributed by atoms with Gasteiger partial charge in [-0.1, -0.05) is 0 Å². The number of alkyl halides is 1. The number of thioether (sulfide) groups is 1. The standard InChI is InChI=1S/C9H18ClNOS/c1-9(2,13-3)7-11-8(12)5-4-6-10/h4-7H2,1-3H3,(H,11,12). The fraction of sp³-hybridized carbons (Fsp3) is 0.889. The minimum Gasteiger partial charge on any atom is -0.355 e. The largest absolute Gasteiger partial charge is 0.355 e. The van der Waals surface area contributed by atoms with Gasteiger partial charge >= 0.3 is 0 Å². The highest BCUT2D eigenvalue weighted by Crippen LogP contribution is 2.19. The molecule has 0 aromatic heterocycles. The van der Waals surface area contributed by atoms with Crippen molar-refractivity contribution in [2.75, 3.05) is 18.7 Å². The van der Waals surface area contributed by atoms with Crippen molar-refractivity contribution in [1.29, 1.82) is 0 Å². The third-order valence-electron chi connectivity index (χ3n) is 1.80. The number of hydrogen-bond donors (Lipinski definition) is 1. The fourth-order valence-electron chi connectivity index (χ4n) is 0.699. The Kier molecular flexibility index (Phi) is 6.60. The highest BCUT2D eigenvalue weighted by atomic mass is 35.5. The van der Waals surface area contributed by atoms with Crippen molar-refractivity contribution < 1.29 is 4.79 Å². The van der Waals surface area contributed by atoms with Crippen molar-refractivity contribution in [3.63, 3.8) is 0 Å². The number of halogens is 1. The zero-order chi connectivity index (χ0) is 10.3. The van der Waals surface area contributed by atoms with Crippen molar-refractivity contribution in [2.45, 2.75) is 31.4 Å². The molecule has 0 fully saturated rings. The van der Waals surface area contributed by atoms with Crippen LogP contribution in [0.1, 0.15) is 26.7 Å². The Labute approximate surface area is 89.8 Å². The molecule has 0 aromatic rings. The second-order valence-electron chi connectivity index (χ2n) is 3.53. The lowest BCUT2D eigenvalue weighted by atomic mass is 10.2. The van der Waals surface area contributed by atoms with E-state index in [1.165, 1.54) is 0 Å². The van der Waals surface area contributed by atoms with Gasteiger partial charge in [-0.05, 0) is 26.5 Å². The SMILES string of the molecule is CSC(C)(C)CNC(=O)CCCCl. The van der Waals surface area contributed by atoms with Crippen LogP contribution in [0, 0.1) is 0 Å². The Morgan fingerprint density at radius 3 is 2.62 bits per heavy atom. The molecule has 0 aliphatic rings. The maximum absolute atomic E-state index is 11.2. The van der Waals surface area contributed by atoms with Crippen molar-refractivity contribution >= 4 is 29.3 Å². The number of hydrogen-bond acceptors (Lipinski definition) is 2. The van der Waals surface area contributed by atoms with Crippen LogP contribution in [0.15, 0.2) is 0 Å². The minimum atomic E-state index is 0.0998. The van der Waals surface area contributed by atoms with Gasteiger partial charge in [0.25, 0.3) is 0 Å². The molecule has 0 saturated heterocycles. The minimum absolute atomic E-state index is 0.0998. The fourth-order valence-corrected chi connectivity index (χ4v) is 1.05. The number of carbonyl (C=O) groups excluding carboxylic acids is 1. The summed E-state index contributed by atoms with van der Waals surface area (Å²) in [5.41, 5.74) is 0. The zero-order valence-electron chi connectivity index (χ0n) is 8.52. The molecule has 0 saturated carbocycles. The summed E-state index contributed by atoms with van der Waals surface area (Å²) >= 11 is 7.23. The highest BCUT2D eigenvalue weighted by Gasteiger charge is 2.16. The molecule has 1 amide bonds. The molecule has 2 nitrogen and oxygen atoms in total. The quantitative estimate of drug-likeness (QED) is 0.700. The predicted octanol–water partition coefficient (Wildman–Crippen LogP) is 2.26. The summed E-state index contributed by atoms with van der Waals surface area (Å²) in [6.45, 7) is 4.94. The second kappa shape index (κ2) is 6.55. The molecule has 0 aliphatic carbocycles. The Hall–Kier alpha value is 0.110. The Bertz CT molecular complexity index is 162. The molecule has 0 heterocycles. The Balaban J connectivity index is 3.57. The molecule has 1 N–H and O–H groups in total. The van der Waals surface area contributed by atoms with Crippen LogP contribution in [0.4, 0.5) is 0 Å². The van der Waals surface area contributed by atoms with E-state index < -0.39 is 0 Å². The summed E-state index contributed by atoms with van der Waals surface area (Å²) in [4.78, 5) is 11.2. The van der Waals surface area contributed by atoms with Gasteiger partial charge in [-0.25, -0.2) is 0 Å². The van der Waals surface area contributed by atoms with Crippen LogP contribution in [-0.4, -0.2) is 29.3 Å². The molecule has 0 atom stereocenters. The topological polar surface area (TPSA) is 29.1 Å². The normalized spacial score (nSPS) is 11.4. The third-order valence-corrected chi connectivity index (χ3v) is 3.32. The first-order valence-electron chi connectivity index (χ1n) is 4.39. The lowest BCUT2D eigenvalue weighted by Gasteiger charge is -2.22. The molecule has 0 aromatic carbocycles. The number of rotatable bonds is 6. The van der Waals surface area contributed by atoms with Crippen LogP contribution >= 0.6 is 23.4 Å². The van der Waals surface area contributed by atoms with E-state index in [0.717, 1.165) is 13.0 Å². The third kappa shape index (κ3) is 7.20. The molecule has 4 heteroatoms. The lowest BCUT2D eigenvalue weighted by molar-refractivity contribution is -0.121. The van der Waals surface area contributed by atoms with Crippen LogP contribution in [0.2, 0.25) is 0 Å². The van der Waals surface area contributed by atoms with Crippen molar-refractivity contribution in [3.8, 4) is 0 Å². The molecule has 78 valence electrons. The summed E-state index contributed by atoms with van der Waals surface area (Å²) in [6, 6.07) is 0. The van der Waals surface area contributed by atoms with E-state index in [4.69, 9.17) is 11.6 Å². The molecule has 0 aliphatic heterocycles. The van der Waals surface area contributed by atoms with Gasteiger partial charge in [0.05, 0.1) is 0 Å². The monoisotopic (exact) mass is 223 g/mol. The number of carbonyl (C=O) groups is 1. The van der Waals surface area contributed by atoms with Crippen LogP contribution in [0.25, 0.3) is 0 Å². The summed E-state index contributed by atoms with van der Waals surface area (Å²) in [7, 11) is 0. The van der Waals surface area contributed by atoms with Gasteiger partial charge in [-0.15, -0.1) is 11.6 Å². The predicted molar refractivity (Wildman–Crippen MR) is 60.6 cm³/mol. The van der Waals surface area contributed by atoms with E-state index in [1.54, 1.807) is 11.8 Å². The number of nitrogens with one attached hydrogen (secondary N) is 1. The zero-order valence-corrected chi connectivity index (χ0v) is 10.1. The van der Waals surface area contributed by atoms with E-state index in [1.807, 2.05) is 6.26 Å².